The number of benzene rings is 2. The quantitative estimate of drug-likeness (QED) is 0.566. The summed E-state index contributed by atoms with van der Waals surface area (Å²) in [5, 5.41) is 3.97. The van der Waals surface area contributed by atoms with Crippen LogP contribution >= 0.6 is 11.6 Å². The van der Waals surface area contributed by atoms with Gasteiger partial charge in [-0.05, 0) is 24.6 Å². The lowest BCUT2D eigenvalue weighted by molar-refractivity contribution is 0.592. The third-order valence-electron chi connectivity index (χ3n) is 3.99. The molecule has 7 nitrogen and oxygen atoms in total. The zero-order valence-electron chi connectivity index (χ0n) is 14.2. The maximum absolute atomic E-state index is 12.9. The number of anilines is 1. The highest BCUT2D eigenvalue weighted by atomic mass is 35.5. The van der Waals surface area contributed by atoms with Crippen LogP contribution in [0.2, 0.25) is 5.02 Å². The fraction of sp³-hybridized carbons (Fsp3) is 0.0556. The van der Waals surface area contributed by atoms with Crippen molar-refractivity contribution < 1.29 is 8.42 Å². The van der Waals surface area contributed by atoms with Crippen LogP contribution in [-0.4, -0.2) is 28.0 Å². The van der Waals surface area contributed by atoms with Crippen LogP contribution in [0.5, 0.6) is 0 Å². The number of aryl methyl sites for hydroxylation is 1. The van der Waals surface area contributed by atoms with Gasteiger partial charge in [-0.2, -0.15) is 13.4 Å². The summed E-state index contributed by atoms with van der Waals surface area (Å²) in [5.74, 6) is 0.206. The summed E-state index contributed by atoms with van der Waals surface area (Å²) in [6, 6.07) is 16.3. The molecule has 0 aliphatic heterocycles. The fourth-order valence-corrected chi connectivity index (χ4v) is 3.92. The first-order valence-electron chi connectivity index (χ1n) is 8.01. The summed E-state index contributed by atoms with van der Waals surface area (Å²) >= 11 is 6.29. The van der Waals surface area contributed by atoms with Crippen LogP contribution in [0.15, 0.2) is 66.0 Å². The molecule has 2 aromatic carbocycles. The van der Waals surface area contributed by atoms with Crippen LogP contribution in [-0.2, 0) is 10.0 Å². The lowest BCUT2D eigenvalue weighted by Crippen LogP contribution is -2.16. The van der Waals surface area contributed by atoms with Crippen LogP contribution in [0.3, 0.4) is 0 Å². The lowest BCUT2D eigenvalue weighted by atomic mass is 10.0. The van der Waals surface area contributed by atoms with Crippen LogP contribution < -0.4 is 4.72 Å². The van der Waals surface area contributed by atoms with Gasteiger partial charge in [-0.3, -0.25) is 4.72 Å². The third-order valence-corrected chi connectivity index (χ3v) is 5.43. The minimum atomic E-state index is -4.06. The number of fused-ring (bicyclic) bond motifs is 1. The number of hydrogen-bond donors (Lipinski definition) is 1. The number of nitrogens with one attached hydrogen (secondary N) is 1. The number of para-hydroxylation sites is 1. The van der Waals surface area contributed by atoms with Crippen molar-refractivity contribution in [3.8, 4) is 11.1 Å². The Hall–Kier alpha value is -2.97. The summed E-state index contributed by atoms with van der Waals surface area (Å²) in [6.45, 7) is 1.79. The summed E-state index contributed by atoms with van der Waals surface area (Å²) < 4.78 is 29.7. The first kappa shape index (κ1) is 17.4. The normalized spacial score (nSPS) is 11.6. The minimum Gasteiger partial charge on any atom is -0.275 e. The van der Waals surface area contributed by atoms with Gasteiger partial charge in [0.2, 0.25) is 0 Å². The molecule has 0 aliphatic rings. The second-order valence-corrected chi connectivity index (χ2v) is 7.81. The van der Waals surface area contributed by atoms with Gasteiger partial charge >= 0.3 is 0 Å². The molecule has 0 aliphatic carbocycles. The molecule has 0 saturated carbocycles. The highest BCUT2D eigenvalue weighted by Crippen LogP contribution is 2.35. The molecule has 0 saturated heterocycles. The Morgan fingerprint density at radius 2 is 1.81 bits per heavy atom. The van der Waals surface area contributed by atoms with E-state index in [-0.39, 0.29) is 21.6 Å². The molecule has 0 fully saturated rings. The van der Waals surface area contributed by atoms with E-state index in [9.17, 15) is 8.42 Å². The van der Waals surface area contributed by atoms with Gasteiger partial charge in [0, 0.05) is 17.5 Å². The van der Waals surface area contributed by atoms with E-state index in [1.54, 1.807) is 37.4 Å². The molecule has 0 atom stereocenters. The molecule has 4 aromatic rings. The van der Waals surface area contributed by atoms with Crippen LogP contribution in [0.4, 0.5) is 5.69 Å². The average Bonchev–Trinajstić information content (AvgIpc) is 3.11. The number of hydrogen-bond acceptors (Lipinski definition) is 5. The van der Waals surface area contributed by atoms with E-state index in [1.165, 1.54) is 4.52 Å². The number of aromatic nitrogens is 4. The highest BCUT2D eigenvalue weighted by molar-refractivity contribution is 7.92. The van der Waals surface area contributed by atoms with Crippen molar-refractivity contribution in [1.29, 1.82) is 0 Å². The first-order chi connectivity index (χ1) is 13.0. The van der Waals surface area contributed by atoms with Crippen molar-refractivity contribution in [3.63, 3.8) is 0 Å². The van der Waals surface area contributed by atoms with Gasteiger partial charge in [-0.25, -0.2) is 9.50 Å². The molecule has 0 bridgehead atoms. The molecule has 0 radical (unpaired) electrons. The molecule has 0 unspecified atom stereocenters. The summed E-state index contributed by atoms with van der Waals surface area (Å²) in [5.41, 5.74) is 2.48. The second kappa shape index (κ2) is 6.64. The van der Waals surface area contributed by atoms with E-state index < -0.39 is 10.0 Å². The Morgan fingerprint density at radius 1 is 1.04 bits per heavy atom. The molecule has 9 heteroatoms. The topological polar surface area (TPSA) is 89.2 Å². The van der Waals surface area contributed by atoms with E-state index in [4.69, 9.17) is 11.6 Å². The lowest BCUT2D eigenvalue weighted by Gasteiger charge is -2.13. The van der Waals surface area contributed by atoms with Crippen molar-refractivity contribution in [2.75, 3.05) is 4.72 Å². The van der Waals surface area contributed by atoms with E-state index >= 15 is 0 Å². The van der Waals surface area contributed by atoms with Gasteiger partial charge in [0.05, 0.1) is 10.7 Å². The van der Waals surface area contributed by atoms with Gasteiger partial charge in [-0.1, -0.05) is 54.1 Å². The molecule has 4 rings (SSSR count). The average molecular weight is 400 g/mol. The predicted molar refractivity (Wildman–Crippen MR) is 103 cm³/mol. The molecule has 1 N–H and O–H groups in total. The summed E-state index contributed by atoms with van der Waals surface area (Å²) in [7, 11) is -4.06. The predicted octanol–water partition coefficient (Wildman–Crippen LogP) is 3.55. The second-order valence-electron chi connectivity index (χ2n) is 5.83. The molecule has 2 aromatic heterocycles. The maximum Gasteiger partial charge on any atom is 0.299 e. The van der Waals surface area contributed by atoms with Crippen molar-refractivity contribution in [3.05, 3.63) is 71.5 Å². The minimum absolute atomic E-state index is 0.206. The standard InChI is InChI=1S/C18H14ClN5O2S/c1-12-10-11-20-17-21-18(22-24(12)17)27(25,26)23-16-14(8-5-9-15(16)19)13-6-3-2-4-7-13/h2-11,23H,1H3. The first-order valence-corrected chi connectivity index (χ1v) is 9.87. The maximum atomic E-state index is 12.9. The summed E-state index contributed by atoms with van der Waals surface area (Å²) in [4.78, 5) is 8.06. The van der Waals surface area contributed by atoms with Gasteiger partial charge < -0.3 is 0 Å². The highest BCUT2D eigenvalue weighted by Gasteiger charge is 2.24. The van der Waals surface area contributed by atoms with E-state index in [0.717, 1.165) is 11.3 Å². The molecule has 2 heterocycles. The van der Waals surface area contributed by atoms with Gasteiger partial charge in [-0.15, -0.1) is 5.10 Å². The van der Waals surface area contributed by atoms with Crippen LogP contribution in [0.1, 0.15) is 5.69 Å². The van der Waals surface area contributed by atoms with Crippen molar-refractivity contribution in [2.45, 2.75) is 12.1 Å². The fourth-order valence-electron chi connectivity index (χ4n) is 2.67. The number of nitrogens with zero attached hydrogens (tertiary/aromatic N) is 4. The smallest absolute Gasteiger partial charge is 0.275 e. The number of rotatable bonds is 4. The van der Waals surface area contributed by atoms with Gasteiger partial charge in [0.25, 0.3) is 21.0 Å². The Kier molecular flexibility index (Phi) is 4.29. The monoisotopic (exact) mass is 399 g/mol. The van der Waals surface area contributed by atoms with Crippen molar-refractivity contribution >= 4 is 33.1 Å². The zero-order chi connectivity index (χ0) is 19.0. The largest absolute Gasteiger partial charge is 0.299 e. The molecule has 0 spiro atoms. The van der Waals surface area contributed by atoms with Gasteiger partial charge in [0.1, 0.15) is 0 Å². The number of sulfonamides is 1. The molecular weight excluding hydrogens is 386 g/mol. The van der Waals surface area contributed by atoms with Crippen LogP contribution in [0.25, 0.3) is 16.9 Å². The molecule has 136 valence electrons. The summed E-state index contributed by atoms with van der Waals surface area (Å²) in [6.07, 6.45) is 1.55. The van der Waals surface area contributed by atoms with E-state index in [1.807, 2.05) is 30.3 Å². The zero-order valence-corrected chi connectivity index (χ0v) is 15.7. The molecular formula is C18H14ClN5O2S. The molecule has 0 amide bonds. The number of halogens is 1. The van der Waals surface area contributed by atoms with Crippen LogP contribution in [0, 0.1) is 6.92 Å². The SMILES string of the molecule is Cc1ccnc2nc(S(=O)(=O)Nc3c(Cl)cccc3-c3ccccc3)nn12. The Labute approximate surface area is 160 Å². The van der Waals surface area contributed by atoms with E-state index in [0.29, 0.717) is 5.56 Å². The Morgan fingerprint density at radius 3 is 2.56 bits per heavy atom. The van der Waals surface area contributed by atoms with E-state index in [2.05, 4.69) is 19.8 Å². The Balaban J connectivity index is 1.80. The van der Waals surface area contributed by atoms with Crippen molar-refractivity contribution in [1.82, 2.24) is 19.6 Å². The Bertz CT molecular complexity index is 1240. The molecule has 27 heavy (non-hydrogen) atoms. The third kappa shape index (κ3) is 3.24. The van der Waals surface area contributed by atoms with Gasteiger partial charge in [0.15, 0.2) is 0 Å². The van der Waals surface area contributed by atoms with Crippen molar-refractivity contribution in [2.24, 2.45) is 0 Å².